The molecule has 0 unspecified atom stereocenters. The zero-order valence-electron chi connectivity index (χ0n) is 16.3. The number of sulfonamides is 1. The molecule has 0 aromatic heterocycles. The summed E-state index contributed by atoms with van der Waals surface area (Å²) < 4.78 is 31.0. The number of anilines is 1. The van der Waals surface area contributed by atoms with E-state index in [-0.39, 0.29) is 6.04 Å². The summed E-state index contributed by atoms with van der Waals surface area (Å²) in [5.41, 5.74) is 1.26. The molecule has 0 aliphatic heterocycles. The molecule has 0 saturated carbocycles. The molecule has 2 aromatic rings. The molecule has 0 heterocycles. The van der Waals surface area contributed by atoms with Gasteiger partial charge < -0.3 is 10.1 Å². The third kappa shape index (κ3) is 5.39. The second kappa shape index (κ2) is 9.30. The Kier molecular flexibility index (Phi) is 7.32. The molecule has 0 radical (unpaired) electrons. The third-order valence-electron chi connectivity index (χ3n) is 4.39. The number of halogens is 1. The van der Waals surface area contributed by atoms with E-state index in [1.165, 1.54) is 6.07 Å². The minimum Gasteiger partial charge on any atom is -0.497 e. The minimum absolute atomic E-state index is 0.248. The summed E-state index contributed by atoms with van der Waals surface area (Å²) in [5, 5.41) is 3.33. The van der Waals surface area contributed by atoms with Crippen molar-refractivity contribution < 1.29 is 17.9 Å². The van der Waals surface area contributed by atoms with Gasteiger partial charge in [-0.05, 0) is 49.2 Å². The predicted molar refractivity (Wildman–Crippen MR) is 112 cm³/mol. The van der Waals surface area contributed by atoms with Crippen molar-refractivity contribution in [3.63, 3.8) is 0 Å². The Hall–Kier alpha value is -2.25. The van der Waals surface area contributed by atoms with Crippen LogP contribution in [-0.2, 0) is 14.8 Å². The lowest BCUT2D eigenvalue weighted by molar-refractivity contribution is -0.122. The average Bonchev–Trinajstić information content (AvgIpc) is 2.65. The van der Waals surface area contributed by atoms with Crippen LogP contribution in [0.5, 0.6) is 5.75 Å². The van der Waals surface area contributed by atoms with E-state index in [0.717, 1.165) is 21.9 Å². The molecule has 152 valence electrons. The lowest BCUT2D eigenvalue weighted by atomic mass is 10.0. The molecule has 0 aliphatic carbocycles. The molecular formula is C20H25ClN2O4S. The molecule has 1 N–H and O–H groups in total. The number of benzene rings is 2. The number of nitrogens with one attached hydrogen (secondary N) is 1. The number of nitrogens with zero attached hydrogens (tertiary/aromatic N) is 1. The zero-order chi connectivity index (χ0) is 20.9. The zero-order valence-corrected chi connectivity index (χ0v) is 17.9. The summed E-state index contributed by atoms with van der Waals surface area (Å²) in [6.07, 6.45) is 1.72. The van der Waals surface area contributed by atoms with E-state index in [2.05, 4.69) is 5.32 Å². The Balaban J connectivity index is 2.26. The van der Waals surface area contributed by atoms with Gasteiger partial charge in [-0.15, -0.1) is 0 Å². The molecule has 2 rings (SSSR count). The largest absolute Gasteiger partial charge is 0.497 e. The number of amides is 1. The summed E-state index contributed by atoms with van der Waals surface area (Å²) in [7, 11) is -2.11. The Morgan fingerprint density at radius 3 is 2.36 bits per heavy atom. The fourth-order valence-corrected chi connectivity index (χ4v) is 4.32. The van der Waals surface area contributed by atoms with Crippen molar-refractivity contribution in [3.05, 3.63) is 59.1 Å². The van der Waals surface area contributed by atoms with Crippen LogP contribution >= 0.6 is 11.6 Å². The number of carbonyl (C=O) groups is 1. The smallest absolute Gasteiger partial charge is 0.244 e. The van der Waals surface area contributed by atoms with Gasteiger partial charge in [-0.1, -0.05) is 36.7 Å². The van der Waals surface area contributed by atoms with Crippen LogP contribution in [0.1, 0.15) is 31.9 Å². The van der Waals surface area contributed by atoms with Gasteiger partial charge in [0.05, 0.1) is 25.1 Å². The van der Waals surface area contributed by atoms with E-state index in [9.17, 15) is 13.2 Å². The first-order valence-corrected chi connectivity index (χ1v) is 11.1. The van der Waals surface area contributed by atoms with Crippen LogP contribution < -0.4 is 14.4 Å². The summed E-state index contributed by atoms with van der Waals surface area (Å²) in [4.78, 5) is 12.9. The first-order valence-electron chi connectivity index (χ1n) is 8.86. The van der Waals surface area contributed by atoms with Crippen LogP contribution in [0.2, 0.25) is 5.02 Å². The van der Waals surface area contributed by atoms with Crippen LogP contribution in [0.15, 0.2) is 48.5 Å². The van der Waals surface area contributed by atoms with Crippen molar-refractivity contribution in [1.82, 2.24) is 5.32 Å². The monoisotopic (exact) mass is 424 g/mol. The van der Waals surface area contributed by atoms with Crippen molar-refractivity contribution in [2.45, 2.75) is 32.4 Å². The summed E-state index contributed by atoms with van der Waals surface area (Å²) in [6, 6.07) is 12.6. The highest BCUT2D eigenvalue weighted by Gasteiger charge is 2.30. The topological polar surface area (TPSA) is 75.7 Å². The van der Waals surface area contributed by atoms with Gasteiger partial charge in [0.2, 0.25) is 15.9 Å². The van der Waals surface area contributed by atoms with Gasteiger partial charge in [0.25, 0.3) is 0 Å². The number of carbonyl (C=O) groups excluding carboxylic acids is 1. The summed E-state index contributed by atoms with van der Waals surface area (Å²) >= 11 is 6.00. The molecule has 2 atom stereocenters. The van der Waals surface area contributed by atoms with Crippen molar-refractivity contribution in [2.75, 3.05) is 17.7 Å². The Morgan fingerprint density at radius 1 is 1.21 bits per heavy atom. The Morgan fingerprint density at radius 2 is 1.86 bits per heavy atom. The highest BCUT2D eigenvalue weighted by atomic mass is 35.5. The number of methoxy groups -OCH3 is 1. The van der Waals surface area contributed by atoms with Crippen LogP contribution in [0.4, 0.5) is 5.69 Å². The maximum atomic E-state index is 12.9. The van der Waals surface area contributed by atoms with Crippen molar-refractivity contribution >= 4 is 33.2 Å². The Bertz CT molecular complexity index is 916. The predicted octanol–water partition coefficient (Wildman–Crippen LogP) is 3.77. The number of ether oxygens (including phenoxy) is 1. The fraction of sp³-hybridized carbons (Fsp3) is 0.350. The summed E-state index contributed by atoms with van der Waals surface area (Å²) in [6.45, 7) is 3.50. The average molecular weight is 425 g/mol. The lowest BCUT2D eigenvalue weighted by Crippen LogP contribution is -2.48. The van der Waals surface area contributed by atoms with Gasteiger partial charge in [-0.2, -0.15) is 0 Å². The van der Waals surface area contributed by atoms with Crippen LogP contribution in [0.25, 0.3) is 0 Å². The highest BCUT2D eigenvalue weighted by Crippen LogP contribution is 2.25. The Labute approximate surface area is 171 Å². The first kappa shape index (κ1) is 22.0. The maximum Gasteiger partial charge on any atom is 0.244 e. The minimum atomic E-state index is -3.70. The normalized spacial score (nSPS) is 13.5. The van der Waals surface area contributed by atoms with E-state index in [1.54, 1.807) is 32.2 Å². The second-order valence-corrected chi connectivity index (χ2v) is 8.75. The SMILES string of the molecule is CC[C@@H](NC(=O)[C@@H](C)N(c1cccc(Cl)c1)S(C)(=O)=O)c1ccc(OC)cc1. The van der Waals surface area contributed by atoms with Crippen LogP contribution in [-0.4, -0.2) is 33.7 Å². The second-order valence-electron chi connectivity index (χ2n) is 6.46. The molecule has 0 spiro atoms. The van der Waals surface area contributed by atoms with Gasteiger partial charge in [-0.25, -0.2) is 8.42 Å². The quantitative estimate of drug-likeness (QED) is 0.699. The van der Waals surface area contributed by atoms with Gasteiger partial charge in [0.1, 0.15) is 11.8 Å². The van der Waals surface area contributed by atoms with Crippen molar-refractivity contribution in [2.24, 2.45) is 0 Å². The van der Waals surface area contributed by atoms with E-state index < -0.39 is 22.0 Å². The van der Waals surface area contributed by atoms with E-state index in [0.29, 0.717) is 17.1 Å². The fourth-order valence-electron chi connectivity index (χ4n) is 2.97. The number of rotatable bonds is 8. The van der Waals surface area contributed by atoms with Gasteiger partial charge in [-0.3, -0.25) is 9.10 Å². The van der Waals surface area contributed by atoms with Gasteiger partial charge in [0.15, 0.2) is 0 Å². The van der Waals surface area contributed by atoms with E-state index >= 15 is 0 Å². The molecule has 0 bridgehead atoms. The molecule has 6 nitrogen and oxygen atoms in total. The standard InChI is InChI=1S/C20H25ClN2O4S/c1-5-19(15-9-11-18(27-3)12-10-15)22-20(24)14(2)23(28(4,25)26)17-8-6-7-16(21)13-17/h6-14,19H,5H2,1-4H3,(H,22,24)/t14-,19-/m1/s1. The maximum absolute atomic E-state index is 12.9. The number of hydrogen-bond acceptors (Lipinski definition) is 4. The van der Waals surface area contributed by atoms with E-state index in [4.69, 9.17) is 16.3 Å². The van der Waals surface area contributed by atoms with Crippen molar-refractivity contribution in [1.29, 1.82) is 0 Å². The van der Waals surface area contributed by atoms with Crippen LogP contribution in [0, 0.1) is 0 Å². The molecule has 0 aliphatic rings. The summed E-state index contributed by atoms with van der Waals surface area (Å²) in [5.74, 6) is 0.329. The highest BCUT2D eigenvalue weighted by molar-refractivity contribution is 7.92. The number of hydrogen-bond donors (Lipinski definition) is 1. The molecule has 0 saturated heterocycles. The molecule has 28 heavy (non-hydrogen) atoms. The van der Waals surface area contributed by atoms with Gasteiger partial charge in [0, 0.05) is 5.02 Å². The van der Waals surface area contributed by atoms with Crippen molar-refractivity contribution in [3.8, 4) is 5.75 Å². The molecule has 0 fully saturated rings. The molecular weight excluding hydrogens is 400 g/mol. The van der Waals surface area contributed by atoms with Gasteiger partial charge >= 0.3 is 0 Å². The molecule has 8 heteroatoms. The van der Waals surface area contributed by atoms with E-state index in [1.807, 2.05) is 31.2 Å². The first-order chi connectivity index (χ1) is 13.2. The van der Waals surface area contributed by atoms with Crippen LogP contribution in [0.3, 0.4) is 0 Å². The lowest BCUT2D eigenvalue weighted by Gasteiger charge is -2.30. The molecule has 1 amide bonds. The molecule has 2 aromatic carbocycles. The third-order valence-corrected chi connectivity index (χ3v) is 5.87.